The van der Waals surface area contributed by atoms with Crippen LogP contribution in [0.2, 0.25) is 0 Å². The summed E-state index contributed by atoms with van der Waals surface area (Å²) < 4.78 is 0. The zero-order valence-electron chi connectivity index (χ0n) is 10.1. The molecule has 0 aliphatic heterocycles. The molecule has 0 bridgehead atoms. The van der Waals surface area contributed by atoms with Gasteiger partial charge in [-0.15, -0.1) is 0 Å². The number of anilines is 1. The van der Waals surface area contributed by atoms with Crippen LogP contribution < -0.4 is 5.32 Å². The number of carbonyl (C=O) groups is 1. The fourth-order valence-corrected chi connectivity index (χ4v) is 1.62. The summed E-state index contributed by atoms with van der Waals surface area (Å²) in [5, 5.41) is 2.85. The number of aromatic nitrogens is 1. The van der Waals surface area contributed by atoms with Gasteiger partial charge in [0.1, 0.15) is 0 Å². The van der Waals surface area contributed by atoms with E-state index in [2.05, 4.69) is 29.0 Å². The maximum Gasteiger partial charge on any atom is 0.241 e. The molecular weight excluding hydrogens is 202 g/mol. The van der Waals surface area contributed by atoms with Gasteiger partial charge in [-0.2, -0.15) is 0 Å². The summed E-state index contributed by atoms with van der Waals surface area (Å²) in [6.07, 6.45) is 3.33. The highest BCUT2D eigenvalue weighted by Gasteiger charge is 2.18. The number of hydrogen-bond donors (Lipinski definition) is 1. The lowest BCUT2D eigenvalue weighted by molar-refractivity contribution is -0.120. The van der Waals surface area contributed by atoms with Gasteiger partial charge in [-0.1, -0.05) is 13.8 Å². The molecule has 0 aliphatic rings. The van der Waals surface area contributed by atoms with Crippen molar-refractivity contribution < 1.29 is 4.79 Å². The van der Waals surface area contributed by atoms with E-state index in [0.29, 0.717) is 0 Å². The smallest absolute Gasteiger partial charge is 0.241 e. The Balaban J connectivity index is 2.58. The molecule has 16 heavy (non-hydrogen) atoms. The Morgan fingerprint density at radius 2 is 2.19 bits per heavy atom. The first-order valence-corrected chi connectivity index (χ1v) is 5.64. The normalized spacial score (nSPS) is 12.5. The van der Waals surface area contributed by atoms with Crippen molar-refractivity contribution in [2.24, 2.45) is 0 Å². The highest BCUT2D eigenvalue weighted by Crippen LogP contribution is 2.06. The van der Waals surface area contributed by atoms with Crippen molar-refractivity contribution in [2.45, 2.75) is 26.8 Å². The predicted molar refractivity (Wildman–Crippen MR) is 65.2 cm³/mol. The molecule has 0 saturated heterocycles. The van der Waals surface area contributed by atoms with Crippen molar-refractivity contribution in [3.8, 4) is 0 Å². The maximum atomic E-state index is 11.9. The first-order chi connectivity index (χ1) is 7.69. The second kappa shape index (κ2) is 6.23. The van der Waals surface area contributed by atoms with Gasteiger partial charge in [-0.25, -0.2) is 0 Å². The molecule has 4 nitrogen and oxygen atoms in total. The van der Waals surface area contributed by atoms with Gasteiger partial charge in [0.05, 0.1) is 17.9 Å². The lowest BCUT2D eigenvalue weighted by Gasteiger charge is -2.25. The van der Waals surface area contributed by atoms with Gasteiger partial charge >= 0.3 is 0 Å². The van der Waals surface area contributed by atoms with Crippen molar-refractivity contribution in [1.82, 2.24) is 9.88 Å². The molecule has 1 N–H and O–H groups in total. The average molecular weight is 221 g/mol. The number of carbonyl (C=O) groups excluding carboxylic acids is 1. The Hall–Kier alpha value is -1.42. The van der Waals surface area contributed by atoms with Gasteiger partial charge in [0.15, 0.2) is 0 Å². The van der Waals surface area contributed by atoms with Crippen molar-refractivity contribution in [1.29, 1.82) is 0 Å². The lowest BCUT2D eigenvalue weighted by Crippen LogP contribution is -2.41. The molecule has 1 unspecified atom stereocenters. The number of nitrogens with zero attached hydrogens (tertiary/aromatic N) is 2. The Kier molecular flexibility index (Phi) is 4.92. The summed E-state index contributed by atoms with van der Waals surface area (Å²) in [4.78, 5) is 17.9. The SMILES string of the molecule is CCN(CC)C(C)C(=O)Nc1cccnc1. The Bertz CT molecular complexity index is 322. The first kappa shape index (κ1) is 12.6. The number of pyridine rings is 1. The van der Waals surface area contributed by atoms with E-state index in [1.807, 2.05) is 13.0 Å². The number of nitrogens with one attached hydrogen (secondary N) is 1. The van der Waals surface area contributed by atoms with Crippen LogP contribution >= 0.6 is 0 Å². The van der Waals surface area contributed by atoms with Crippen LogP contribution in [-0.2, 0) is 4.79 Å². The first-order valence-electron chi connectivity index (χ1n) is 5.64. The van der Waals surface area contributed by atoms with E-state index in [9.17, 15) is 4.79 Å². The van der Waals surface area contributed by atoms with Gasteiger partial charge in [-0.05, 0) is 32.1 Å². The molecular formula is C12H19N3O. The minimum atomic E-state index is -0.116. The second-order valence-corrected chi connectivity index (χ2v) is 3.63. The van der Waals surface area contributed by atoms with Gasteiger partial charge in [-0.3, -0.25) is 14.7 Å². The summed E-state index contributed by atoms with van der Waals surface area (Å²) in [6, 6.07) is 3.52. The third kappa shape index (κ3) is 3.31. The zero-order valence-corrected chi connectivity index (χ0v) is 10.1. The van der Waals surface area contributed by atoms with Gasteiger partial charge in [0.25, 0.3) is 0 Å². The summed E-state index contributed by atoms with van der Waals surface area (Å²) >= 11 is 0. The van der Waals surface area contributed by atoms with Crippen LogP contribution in [0.25, 0.3) is 0 Å². The molecule has 1 aromatic heterocycles. The zero-order chi connectivity index (χ0) is 12.0. The standard InChI is InChI=1S/C12H19N3O/c1-4-15(5-2)10(3)12(16)14-11-7-6-8-13-9-11/h6-10H,4-5H2,1-3H3,(H,14,16). The van der Waals surface area contributed by atoms with Crippen LogP contribution in [0, 0.1) is 0 Å². The van der Waals surface area contributed by atoms with Crippen molar-refractivity contribution in [3.63, 3.8) is 0 Å². The van der Waals surface area contributed by atoms with E-state index in [0.717, 1.165) is 18.8 Å². The molecule has 4 heteroatoms. The monoisotopic (exact) mass is 221 g/mol. The topological polar surface area (TPSA) is 45.2 Å². The number of rotatable bonds is 5. The van der Waals surface area contributed by atoms with E-state index < -0.39 is 0 Å². The second-order valence-electron chi connectivity index (χ2n) is 3.63. The molecule has 1 heterocycles. The van der Waals surface area contributed by atoms with Crippen molar-refractivity contribution in [2.75, 3.05) is 18.4 Å². The van der Waals surface area contributed by atoms with Crippen LogP contribution in [0.1, 0.15) is 20.8 Å². The minimum absolute atomic E-state index is 0.0108. The lowest BCUT2D eigenvalue weighted by atomic mass is 10.2. The van der Waals surface area contributed by atoms with E-state index in [-0.39, 0.29) is 11.9 Å². The highest BCUT2D eigenvalue weighted by molar-refractivity contribution is 5.94. The molecule has 0 radical (unpaired) electrons. The van der Waals surface area contributed by atoms with Crippen LogP contribution in [0.4, 0.5) is 5.69 Å². The van der Waals surface area contributed by atoms with Gasteiger partial charge in [0.2, 0.25) is 5.91 Å². The van der Waals surface area contributed by atoms with Crippen LogP contribution in [0.5, 0.6) is 0 Å². The summed E-state index contributed by atoms with van der Waals surface area (Å²) in [7, 11) is 0. The van der Waals surface area contributed by atoms with E-state index >= 15 is 0 Å². The highest BCUT2D eigenvalue weighted by atomic mass is 16.2. The minimum Gasteiger partial charge on any atom is -0.323 e. The largest absolute Gasteiger partial charge is 0.323 e. The third-order valence-corrected chi connectivity index (χ3v) is 2.67. The van der Waals surface area contributed by atoms with Crippen LogP contribution in [-0.4, -0.2) is 34.9 Å². The molecule has 0 fully saturated rings. The maximum absolute atomic E-state index is 11.9. The van der Waals surface area contributed by atoms with Gasteiger partial charge in [0, 0.05) is 6.20 Å². The summed E-state index contributed by atoms with van der Waals surface area (Å²) in [5.41, 5.74) is 0.742. The molecule has 88 valence electrons. The Morgan fingerprint density at radius 1 is 1.50 bits per heavy atom. The average Bonchev–Trinajstić information content (AvgIpc) is 2.31. The molecule has 0 spiro atoms. The van der Waals surface area contributed by atoms with Crippen LogP contribution in [0.3, 0.4) is 0 Å². The van der Waals surface area contributed by atoms with Gasteiger partial charge < -0.3 is 5.32 Å². The number of likely N-dealkylation sites (N-methyl/N-ethyl adjacent to an activating group) is 1. The molecule has 0 aromatic carbocycles. The summed E-state index contributed by atoms with van der Waals surface area (Å²) in [5.74, 6) is 0.0108. The predicted octanol–water partition coefficient (Wildman–Crippen LogP) is 1.75. The number of hydrogen-bond acceptors (Lipinski definition) is 3. The van der Waals surface area contributed by atoms with Crippen LogP contribution in [0.15, 0.2) is 24.5 Å². The van der Waals surface area contributed by atoms with Crippen molar-refractivity contribution in [3.05, 3.63) is 24.5 Å². The van der Waals surface area contributed by atoms with Crippen molar-refractivity contribution >= 4 is 11.6 Å². The fraction of sp³-hybridized carbons (Fsp3) is 0.500. The molecule has 1 amide bonds. The molecule has 1 aromatic rings. The molecule has 1 atom stereocenters. The molecule has 0 saturated carbocycles. The third-order valence-electron chi connectivity index (χ3n) is 2.67. The number of amides is 1. The quantitative estimate of drug-likeness (QED) is 0.824. The van der Waals surface area contributed by atoms with E-state index in [1.54, 1.807) is 18.5 Å². The fourth-order valence-electron chi connectivity index (χ4n) is 1.62. The summed E-state index contributed by atoms with van der Waals surface area (Å²) in [6.45, 7) is 7.77. The van der Waals surface area contributed by atoms with E-state index in [4.69, 9.17) is 0 Å². The Morgan fingerprint density at radius 3 is 2.69 bits per heavy atom. The molecule has 1 rings (SSSR count). The molecule has 0 aliphatic carbocycles. The van der Waals surface area contributed by atoms with E-state index in [1.165, 1.54) is 0 Å². The Labute approximate surface area is 96.7 Å².